The van der Waals surface area contributed by atoms with E-state index in [1.165, 1.54) is 4.88 Å². The molecule has 0 fully saturated rings. The van der Waals surface area contributed by atoms with Crippen molar-refractivity contribution in [2.24, 2.45) is 0 Å². The monoisotopic (exact) mass is 171 g/mol. The van der Waals surface area contributed by atoms with E-state index in [1.54, 1.807) is 11.3 Å². The predicted octanol–water partition coefficient (Wildman–Crippen LogP) is 1.65. The maximum Gasteiger partial charge on any atom is 0.197 e. The van der Waals surface area contributed by atoms with E-state index in [0.29, 0.717) is 0 Å². The van der Waals surface area contributed by atoms with Gasteiger partial charge in [0.2, 0.25) is 0 Å². The summed E-state index contributed by atoms with van der Waals surface area (Å²) in [7, 11) is 3.90. The summed E-state index contributed by atoms with van der Waals surface area (Å²) in [5.41, 5.74) is 4.22. The second-order valence-corrected chi connectivity index (χ2v) is 3.87. The third kappa shape index (κ3) is 2.17. The molecule has 1 heterocycles. The van der Waals surface area contributed by atoms with Gasteiger partial charge in [0.05, 0.1) is 5.69 Å². The van der Waals surface area contributed by atoms with Crippen molar-refractivity contribution in [3.8, 4) is 0 Å². The standard InChI is InChI=1S/C7H13N3S/c1-5-6(2)11-7(8-5)9-10(3)4/h1-4H3,(H,8,9). The number of aromatic nitrogens is 1. The van der Waals surface area contributed by atoms with Crippen molar-refractivity contribution in [2.75, 3.05) is 19.5 Å². The van der Waals surface area contributed by atoms with Crippen molar-refractivity contribution in [1.29, 1.82) is 0 Å². The highest BCUT2D eigenvalue weighted by Gasteiger charge is 2.02. The Balaban J connectivity index is 2.73. The fraction of sp³-hybridized carbons (Fsp3) is 0.571. The minimum atomic E-state index is 0.963. The molecule has 0 saturated heterocycles. The van der Waals surface area contributed by atoms with Crippen molar-refractivity contribution in [2.45, 2.75) is 13.8 Å². The minimum Gasteiger partial charge on any atom is -0.295 e. The van der Waals surface area contributed by atoms with Crippen LogP contribution in [0.1, 0.15) is 10.6 Å². The molecule has 0 atom stereocenters. The molecule has 11 heavy (non-hydrogen) atoms. The minimum absolute atomic E-state index is 0.963. The molecule has 62 valence electrons. The van der Waals surface area contributed by atoms with E-state index in [1.807, 2.05) is 26.0 Å². The van der Waals surface area contributed by atoms with Gasteiger partial charge in [0, 0.05) is 19.0 Å². The van der Waals surface area contributed by atoms with Crippen LogP contribution < -0.4 is 5.43 Å². The molecule has 4 heteroatoms. The van der Waals surface area contributed by atoms with E-state index in [-0.39, 0.29) is 0 Å². The first-order valence-electron chi connectivity index (χ1n) is 3.47. The summed E-state index contributed by atoms with van der Waals surface area (Å²) in [5, 5.41) is 2.85. The first-order chi connectivity index (χ1) is 5.09. The van der Waals surface area contributed by atoms with Gasteiger partial charge >= 0.3 is 0 Å². The molecule has 1 N–H and O–H groups in total. The van der Waals surface area contributed by atoms with Crippen molar-refractivity contribution in [3.05, 3.63) is 10.6 Å². The summed E-state index contributed by atoms with van der Waals surface area (Å²) in [6, 6.07) is 0. The lowest BCUT2D eigenvalue weighted by Crippen LogP contribution is -2.19. The number of nitrogens with zero attached hydrogens (tertiary/aromatic N) is 2. The zero-order valence-corrected chi connectivity index (χ0v) is 8.12. The fourth-order valence-corrected chi connectivity index (χ4v) is 1.61. The molecule has 0 saturated carbocycles. The second kappa shape index (κ2) is 3.19. The van der Waals surface area contributed by atoms with Crippen LogP contribution in [-0.2, 0) is 0 Å². The van der Waals surface area contributed by atoms with E-state index < -0.39 is 0 Å². The second-order valence-electron chi connectivity index (χ2n) is 2.67. The molecule has 0 amide bonds. The van der Waals surface area contributed by atoms with E-state index in [2.05, 4.69) is 17.3 Å². The normalized spacial score (nSPS) is 10.6. The lowest BCUT2D eigenvalue weighted by Gasteiger charge is -2.08. The molecule has 0 bridgehead atoms. The number of aryl methyl sites for hydroxylation is 2. The quantitative estimate of drug-likeness (QED) is 0.686. The number of thiazole rings is 1. The van der Waals surface area contributed by atoms with Gasteiger partial charge in [-0.3, -0.25) is 5.43 Å². The molecule has 0 aromatic carbocycles. The van der Waals surface area contributed by atoms with Gasteiger partial charge < -0.3 is 0 Å². The zero-order chi connectivity index (χ0) is 8.43. The third-order valence-electron chi connectivity index (χ3n) is 1.35. The van der Waals surface area contributed by atoms with Gasteiger partial charge in [-0.05, 0) is 13.8 Å². The highest BCUT2D eigenvalue weighted by Crippen LogP contribution is 2.20. The number of hydrogen-bond donors (Lipinski definition) is 1. The van der Waals surface area contributed by atoms with Crippen LogP contribution in [0, 0.1) is 13.8 Å². The van der Waals surface area contributed by atoms with Crippen LogP contribution in [0.3, 0.4) is 0 Å². The van der Waals surface area contributed by atoms with Crippen molar-refractivity contribution < 1.29 is 0 Å². The van der Waals surface area contributed by atoms with Crippen LogP contribution in [0.15, 0.2) is 0 Å². The predicted molar refractivity (Wildman–Crippen MR) is 48.9 cm³/mol. The summed E-state index contributed by atoms with van der Waals surface area (Å²) in [6.45, 7) is 4.10. The third-order valence-corrected chi connectivity index (χ3v) is 2.33. The highest BCUT2D eigenvalue weighted by atomic mass is 32.1. The van der Waals surface area contributed by atoms with Crippen molar-refractivity contribution >= 4 is 16.5 Å². The Bertz CT molecular complexity index is 222. The molecule has 0 aliphatic rings. The molecule has 1 aromatic rings. The van der Waals surface area contributed by atoms with Gasteiger partial charge in [-0.2, -0.15) is 0 Å². The van der Waals surface area contributed by atoms with Gasteiger partial charge in [0.15, 0.2) is 5.13 Å². The number of hydrogen-bond acceptors (Lipinski definition) is 4. The molecular weight excluding hydrogens is 158 g/mol. The Kier molecular flexibility index (Phi) is 2.46. The van der Waals surface area contributed by atoms with Gasteiger partial charge in [0.1, 0.15) is 0 Å². The highest BCUT2D eigenvalue weighted by molar-refractivity contribution is 7.15. The summed E-state index contributed by atoms with van der Waals surface area (Å²) in [5.74, 6) is 0. The van der Waals surface area contributed by atoms with E-state index in [4.69, 9.17) is 0 Å². The largest absolute Gasteiger partial charge is 0.295 e. The topological polar surface area (TPSA) is 28.2 Å². The molecule has 1 aromatic heterocycles. The first-order valence-corrected chi connectivity index (χ1v) is 4.29. The molecule has 0 aliphatic heterocycles. The number of anilines is 1. The fourth-order valence-electron chi connectivity index (χ4n) is 0.712. The average molecular weight is 171 g/mol. The van der Waals surface area contributed by atoms with Crippen LogP contribution in [0.4, 0.5) is 5.13 Å². The number of rotatable bonds is 2. The van der Waals surface area contributed by atoms with Gasteiger partial charge in [-0.15, -0.1) is 11.3 Å². The summed E-state index contributed by atoms with van der Waals surface area (Å²) >= 11 is 1.68. The zero-order valence-electron chi connectivity index (χ0n) is 7.30. The number of nitrogens with one attached hydrogen (secondary N) is 1. The number of hydrazine groups is 1. The Morgan fingerprint density at radius 2 is 2.00 bits per heavy atom. The van der Waals surface area contributed by atoms with Crippen LogP contribution >= 0.6 is 11.3 Å². The van der Waals surface area contributed by atoms with Gasteiger partial charge in [-0.25, -0.2) is 9.99 Å². The Labute approximate surface area is 71.0 Å². The Hall–Kier alpha value is -0.610. The SMILES string of the molecule is Cc1nc(NN(C)C)sc1C. The lowest BCUT2D eigenvalue weighted by molar-refractivity contribution is 0.494. The first kappa shape index (κ1) is 8.49. The molecule has 0 radical (unpaired) electrons. The molecule has 0 aliphatic carbocycles. The van der Waals surface area contributed by atoms with Crippen LogP contribution in [0.25, 0.3) is 0 Å². The van der Waals surface area contributed by atoms with E-state index >= 15 is 0 Å². The molecule has 0 unspecified atom stereocenters. The van der Waals surface area contributed by atoms with Crippen LogP contribution in [-0.4, -0.2) is 24.1 Å². The van der Waals surface area contributed by atoms with E-state index in [0.717, 1.165) is 10.8 Å². The molecule has 0 spiro atoms. The maximum absolute atomic E-state index is 4.32. The summed E-state index contributed by atoms with van der Waals surface area (Å²) in [6.07, 6.45) is 0. The molecular formula is C7H13N3S. The molecule has 3 nitrogen and oxygen atoms in total. The van der Waals surface area contributed by atoms with Crippen molar-refractivity contribution in [1.82, 2.24) is 9.99 Å². The smallest absolute Gasteiger partial charge is 0.197 e. The Morgan fingerprint density at radius 1 is 1.36 bits per heavy atom. The van der Waals surface area contributed by atoms with Gasteiger partial charge in [-0.1, -0.05) is 0 Å². The van der Waals surface area contributed by atoms with E-state index in [9.17, 15) is 0 Å². The van der Waals surface area contributed by atoms with Crippen LogP contribution in [0.2, 0.25) is 0 Å². The van der Waals surface area contributed by atoms with Crippen molar-refractivity contribution in [3.63, 3.8) is 0 Å². The van der Waals surface area contributed by atoms with Crippen LogP contribution in [0.5, 0.6) is 0 Å². The lowest BCUT2D eigenvalue weighted by atomic mass is 10.4. The average Bonchev–Trinajstić information content (AvgIpc) is 2.10. The Morgan fingerprint density at radius 3 is 2.36 bits per heavy atom. The summed E-state index contributed by atoms with van der Waals surface area (Å²) < 4.78 is 0. The maximum atomic E-state index is 4.32. The van der Waals surface area contributed by atoms with Gasteiger partial charge in [0.25, 0.3) is 0 Å². The summed E-state index contributed by atoms with van der Waals surface area (Å²) in [4.78, 5) is 5.59. The molecule has 1 rings (SSSR count).